The molecule has 2 aliphatic carbocycles. The Balaban J connectivity index is 1.25. The van der Waals surface area contributed by atoms with Crippen molar-refractivity contribution in [1.29, 1.82) is 0 Å². The Labute approximate surface area is 138 Å². The first-order valence-electron chi connectivity index (χ1n) is 9.23. The molecule has 0 aromatic carbocycles. The maximum atomic E-state index is 10.8. The second-order valence-corrected chi connectivity index (χ2v) is 8.84. The van der Waals surface area contributed by atoms with Crippen LogP contribution in [0.2, 0.25) is 0 Å². The van der Waals surface area contributed by atoms with E-state index in [0.29, 0.717) is 0 Å². The molecule has 0 amide bonds. The number of thiophene rings is 1. The minimum absolute atomic E-state index is 0.115. The molecule has 0 spiro atoms. The van der Waals surface area contributed by atoms with Gasteiger partial charge in [0.15, 0.2) is 0 Å². The van der Waals surface area contributed by atoms with Crippen molar-refractivity contribution in [1.82, 2.24) is 5.32 Å². The molecule has 122 valence electrons. The molecule has 22 heavy (non-hydrogen) atoms. The van der Waals surface area contributed by atoms with E-state index in [4.69, 9.17) is 0 Å². The Morgan fingerprint density at radius 2 is 2.23 bits per heavy atom. The lowest BCUT2D eigenvalue weighted by molar-refractivity contribution is 0.0221. The molecule has 1 aliphatic heterocycles. The van der Waals surface area contributed by atoms with Gasteiger partial charge in [-0.15, -0.1) is 11.3 Å². The molecule has 3 unspecified atom stereocenters. The van der Waals surface area contributed by atoms with Crippen molar-refractivity contribution >= 4 is 11.3 Å². The van der Waals surface area contributed by atoms with E-state index < -0.39 is 0 Å². The van der Waals surface area contributed by atoms with Gasteiger partial charge in [0.2, 0.25) is 0 Å². The number of hydrogen-bond donors (Lipinski definition) is 2. The highest BCUT2D eigenvalue weighted by Gasteiger charge is 2.45. The molecule has 0 bridgehead atoms. The Hall–Kier alpha value is -0.380. The lowest BCUT2D eigenvalue weighted by atomic mass is 9.63. The van der Waals surface area contributed by atoms with Crippen molar-refractivity contribution in [3.63, 3.8) is 0 Å². The molecule has 3 heteroatoms. The third-order valence-corrected chi connectivity index (χ3v) is 7.67. The van der Waals surface area contributed by atoms with Crippen LogP contribution < -0.4 is 5.32 Å². The molecule has 1 aromatic rings. The fraction of sp³-hybridized carbons (Fsp3) is 0.789. The molecular weight excluding hydrogens is 290 g/mol. The lowest BCUT2D eigenvalue weighted by Gasteiger charge is -2.45. The molecular formula is C19H29NOS. The molecule has 2 nitrogen and oxygen atoms in total. The van der Waals surface area contributed by atoms with E-state index in [2.05, 4.69) is 22.8 Å². The summed E-state index contributed by atoms with van der Waals surface area (Å²) in [6.45, 7) is 1.26. The van der Waals surface area contributed by atoms with Crippen LogP contribution in [0.5, 0.6) is 0 Å². The van der Waals surface area contributed by atoms with Crippen LogP contribution in [0.25, 0.3) is 0 Å². The maximum Gasteiger partial charge on any atom is 0.0644 e. The third kappa shape index (κ3) is 2.88. The Morgan fingerprint density at radius 1 is 1.36 bits per heavy atom. The van der Waals surface area contributed by atoms with Gasteiger partial charge in [-0.25, -0.2) is 0 Å². The van der Waals surface area contributed by atoms with Gasteiger partial charge in [0, 0.05) is 22.9 Å². The average molecular weight is 320 g/mol. The van der Waals surface area contributed by atoms with Crippen LogP contribution in [0.3, 0.4) is 0 Å². The van der Waals surface area contributed by atoms with Gasteiger partial charge in [-0.2, -0.15) is 0 Å². The molecule has 3 aliphatic rings. The van der Waals surface area contributed by atoms with Gasteiger partial charge in [0.25, 0.3) is 0 Å². The van der Waals surface area contributed by atoms with E-state index in [1.807, 2.05) is 11.3 Å². The van der Waals surface area contributed by atoms with E-state index in [1.54, 1.807) is 0 Å². The van der Waals surface area contributed by atoms with E-state index in [-0.39, 0.29) is 11.5 Å². The average Bonchev–Trinajstić information content (AvgIpc) is 2.98. The number of rotatable bonds is 7. The summed E-state index contributed by atoms with van der Waals surface area (Å²) in [5.41, 5.74) is 0.115. The molecule has 2 heterocycles. The molecule has 4 atom stereocenters. The van der Waals surface area contributed by atoms with Crippen LogP contribution in [-0.4, -0.2) is 23.8 Å². The molecule has 2 N–H and O–H groups in total. The van der Waals surface area contributed by atoms with Crippen molar-refractivity contribution in [2.45, 2.75) is 75.3 Å². The van der Waals surface area contributed by atoms with Crippen LogP contribution in [0.4, 0.5) is 0 Å². The van der Waals surface area contributed by atoms with Gasteiger partial charge in [0.05, 0.1) is 6.10 Å². The molecule has 3 fully saturated rings. The largest absolute Gasteiger partial charge is 0.392 e. The highest BCUT2D eigenvalue weighted by Crippen LogP contribution is 2.49. The van der Waals surface area contributed by atoms with E-state index in [1.165, 1.54) is 62.8 Å². The topological polar surface area (TPSA) is 42.2 Å². The van der Waals surface area contributed by atoms with Gasteiger partial charge in [-0.3, -0.25) is 0 Å². The molecule has 4 rings (SSSR count). The summed E-state index contributed by atoms with van der Waals surface area (Å²) in [7, 11) is 0. The van der Waals surface area contributed by atoms with Crippen LogP contribution >= 0.6 is 11.3 Å². The van der Waals surface area contributed by atoms with E-state index in [9.17, 15) is 5.11 Å². The van der Waals surface area contributed by atoms with Gasteiger partial charge in [-0.05, 0) is 55.4 Å². The summed E-state index contributed by atoms with van der Waals surface area (Å²) >= 11 is 1.84. The second-order valence-electron chi connectivity index (χ2n) is 7.89. The molecule has 0 radical (unpaired) electrons. The summed E-state index contributed by atoms with van der Waals surface area (Å²) < 4.78 is 0. The quantitative estimate of drug-likeness (QED) is 0.743. The molecule has 1 saturated heterocycles. The Bertz CT molecular complexity index is 478. The maximum absolute atomic E-state index is 10.8. The Morgan fingerprint density at radius 3 is 2.86 bits per heavy atom. The first-order valence-corrected chi connectivity index (χ1v) is 10.1. The van der Waals surface area contributed by atoms with Gasteiger partial charge >= 0.3 is 0 Å². The summed E-state index contributed by atoms with van der Waals surface area (Å²) in [6.07, 6.45) is 11.4. The second kappa shape index (κ2) is 6.26. The van der Waals surface area contributed by atoms with E-state index >= 15 is 0 Å². The zero-order valence-electron chi connectivity index (χ0n) is 13.5. The minimum atomic E-state index is -0.123. The number of aliphatic hydroxyl groups excluding tert-OH is 1. The fourth-order valence-electron chi connectivity index (χ4n) is 4.88. The van der Waals surface area contributed by atoms with Gasteiger partial charge in [0.1, 0.15) is 0 Å². The predicted molar refractivity (Wildman–Crippen MR) is 92.3 cm³/mol. The summed E-state index contributed by atoms with van der Waals surface area (Å²) in [5, 5.41) is 16.5. The number of aliphatic hydroxyl groups is 1. The fourth-order valence-corrected chi connectivity index (χ4v) is 5.92. The highest BCUT2D eigenvalue weighted by atomic mass is 32.1. The standard InChI is InChI=1S/C19H29NOS/c21-17(19(9-3-10-19)18-6-2-11-22-18)5-1-4-14-7-8-15(12-14)16-13-20-16/h2,6,11,14-17,20-21H,1,3-5,7-10,12-13H2/t14-,15?,16?,17?/m0/s1. The summed E-state index contributed by atoms with van der Waals surface area (Å²) in [4.78, 5) is 1.42. The number of hydrogen-bond acceptors (Lipinski definition) is 3. The summed E-state index contributed by atoms with van der Waals surface area (Å²) in [5.74, 6) is 1.89. The smallest absolute Gasteiger partial charge is 0.0644 e. The molecule has 1 aromatic heterocycles. The predicted octanol–water partition coefficient (Wildman–Crippen LogP) is 4.09. The van der Waals surface area contributed by atoms with Crippen molar-refractivity contribution in [2.24, 2.45) is 11.8 Å². The van der Waals surface area contributed by atoms with Gasteiger partial charge in [-0.1, -0.05) is 31.7 Å². The first-order chi connectivity index (χ1) is 10.8. The number of nitrogens with one attached hydrogen (secondary N) is 1. The van der Waals surface area contributed by atoms with Crippen LogP contribution in [0, 0.1) is 11.8 Å². The van der Waals surface area contributed by atoms with Crippen molar-refractivity contribution in [3.8, 4) is 0 Å². The summed E-state index contributed by atoms with van der Waals surface area (Å²) in [6, 6.07) is 5.22. The third-order valence-electron chi connectivity index (χ3n) is 6.58. The van der Waals surface area contributed by atoms with Gasteiger partial charge < -0.3 is 10.4 Å². The van der Waals surface area contributed by atoms with Crippen LogP contribution in [-0.2, 0) is 5.41 Å². The monoisotopic (exact) mass is 319 g/mol. The minimum Gasteiger partial charge on any atom is -0.392 e. The van der Waals surface area contributed by atoms with Crippen LogP contribution in [0.15, 0.2) is 17.5 Å². The zero-order chi connectivity index (χ0) is 15.0. The molecule has 2 saturated carbocycles. The van der Waals surface area contributed by atoms with Crippen molar-refractivity contribution < 1.29 is 5.11 Å². The first kappa shape index (κ1) is 15.2. The zero-order valence-corrected chi connectivity index (χ0v) is 14.3. The highest BCUT2D eigenvalue weighted by molar-refractivity contribution is 7.10. The Kier molecular flexibility index (Phi) is 4.31. The van der Waals surface area contributed by atoms with E-state index in [0.717, 1.165) is 24.3 Å². The SMILES string of the molecule is OC(CCC[C@H]1CCC(C2CN2)C1)C1(c2cccs2)CCC1. The van der Waals surface area contributed by atoms with Crippen LogP contribution in [0.1, 0.15) is 62.7 Å². The van der Waals surface area contributed by atoms with Crippen molar-refractivity contribution in [3.05, 3.63) is 22.4 Å². The lowest BCUT2D eigenvalue weighted by Crippen LogP contribution is -2.44. The normalized spacial score (nSPS) is 34.3. The van der Waals surface area contributed by atoms with Crippen molar-refractivity contribution in [2.75, 3.05) is 6.54 Å².